The van der Waals surface area contributed by atoms with Crippen LogP contribution in [0.5, 0.6) is 0 Å². The summed E-state index contributed by atoms with van der Waals surface area (Å²) >= 11 is 0. The number of benzene rings is 2. The van der Waals surface area contributed by atoms with Crippen LogP contribution < -0.4 is 5.43 Å². The second-order valence-corrected chi connectivity index (χ2v) is 21.3. The number of aryl methyl sites for hydroxylation is 1. The highest BCUT2D eigenvalue weighted by molar-refractivity contribution is 6.70. The number of fused-ring (bicyclic) bond motifs is 2. The number of rotatable bonds is 8. The van der Waals surface area contributed by atoms with Crippen molar-refractivity contribution in [2.75, 3.05) is 0 Å². The van der Waals surface area contributed by atoms with Gasteiger partial charge in [0, 0.05) is 23.7 Å². The number of hydrogen-bond acceptors (Lipinski definition) is 5. The minimum absolute atomic E-state index is 0.105. The summed E-state index contributed by atoms with van der Waals surface area (Å²) in [5.41, 5.74) is 0.276. The fourth-order valence-electron chi connectivity index (χ4n) is 4.90. The Morgan fingerprint density at radius 2 is 1.31 bits per heavy atom. The maximum Gasteiger partial charge on any atom is 0.198 e. The molecule has 0 saturated heterocycles. The summed E-state index contributed by atoms with van der Waals surface area (Å²) in [5, 5.41) is 0.749. The Morgan fingerprint density at radius 1 is 0.778 bits per heavy atom. The smallest absolute Gasteiger partial charge is 0.198 e. The molecule has 1 aromatic carbocycles. The first-order valence-corrected chi connectivity index (χ1v) is 19.1. The van der Waals surface area contributed by atoms with E-state index in [1.165, 1.54) is 0 Å². The Morgan fingerprint density at radius 3 is 1.83 bits per heavy atom. The van der Waals surface area contributed by atoms with Gasteiger partial charge in [-0.15, -0.1) is 0 Å². The van der Waals surface area contributed by atoms with E-state index in [9.17, 15) is 14.4 Å². The van der Waals surface area contributed by atoms with Crippen molar-refractivity contribution >= 4 is 39.1 Å². The molecule has 6 nitrogen and oxygen atoms in total. The predicted molar refractivity (Wildman–Crippen MR) is 151 cm³/mol. The third-order valence-corrected chi connectivity index (χ3v) is 8.19. The first-order valence-electron chi connectivity index (χ1n) is 12.3. The summed E-state index contributed by atoms with van der Waals surface area (Å²) in [7, 11) is -2.09. The molecule has 0 fully saturated rings. The maximum atomic E-state index is 13.6. The van der Waals surface area contributed by atoms with E-state index in [0.29, 0.717) is 11.1 Å². The Balaban J connectivity index is 2.15. The van der Waals surface area contributed by atoms with E-state index in [2.05, 4.69) is 19.6 Å². The lowest BCUT2D eigenvalue weighted by molar-refractivity contribution is 0.0556. The van der Waals surface area contributed by atoms with Crippen LogP contribution in [0.25, 0.3) is 22.2 Å². The van der Waals surface area contributed by atoms with Crippen molar-refractivity contribution in [1.82, 2.24) is 4.57 Å². The van der Waals surface area contributed by atoms with Crippen LogP contribution in [0.2, 0.25) is 39.3 Å². The van der Waals surface area contributed by atoms with Crippen LogP contribution >= 0.6 is 0 Å². The number of pyridine rings is 1. The van der Waals surface area contributed by atoms with E-state index in [4.69, 9.17) is 8.85 Å². The Hall–Kier alpha value is -2.40. The van der Waals surface area contributed by atoms with Gasteiger partial charge in [0.1, 0.15) is 11.2 Å². The molecule has 1 aromatic rings. The quantitative estimate of drug-likeness (QED) is 0.197. The van der Waals surface area contributed by atoms with E-state index >= 15 is 0 Å². The SMILES string of the molecule is Cn1c2ccc(C(=O)C(C)(C)O[Si](C)(C)C)c(=O)c-2cc2cc(C(=O)C(C)(C)O[Si](C)(C)C)ccc21. The van der Waals surface area contributed by atoms with Crippen molar-refractivity contribution in [3.63, 3.8) is 0 Å². The van der Waals surface area contributed by atoms with Gasteiger partial charge in [-0.05, 0) is 109 Å². The van der Waals surface area contributed by atoms with Crippen LogP contribution in [0, 0.1) is 0 Å². The summed E-state index contributed by atoms with van der Waals surface area (Å²) in [5.74, 6) is -0.431. The Kier molecular flexibility index (Phi) is 7.18. The van der Waals surface area contributed by atoms with Gasteiger partial charge >= 0.3 is 0 Å². The minimum atomic E-state index is -2.02. The van der Waals surface area contributed by atoms with Gasteiger partial charge in [-0.3, -0.25) is 14.4 Å². The zero-order valence-corrected chi connectivity index (χ0v) is 25.5. The molecule has 0 amide bonds. The number of carbonyl (C=O) groups is 2. The molecular formula is C28H39NO5Si2. The molecule has 194 valence electrons. The van der Waals surface area contributed by atoms with Crippen molar-refractivity contribution in [2.24, 2.45) is 7.05 Å². The van der Waals surface area contributed by atoms with E-state index in [1.54, 1.807) is 58.0 Å². The molecule has 2 aliphatic rings. The average Bonchev–Trinajstić information content (AvgIpc) is 2.70. The Labute approximate surface area is 216 Å². The zero-order valence-electron chi connectivity index (χ0n) is 23.5. The lowest BCUT2D eigenvalue weighted by Crippen LogP contribution is -2.45. The molecule has 0 aromatic heterocycles. The summed E-state index contributed by atoms with van der Waals surface area (Å²) < 4.78 is 14.2. The molecule has 1 heterocycles. The zero-order chi connectivity index (χ0) is 27.4. The molecule has 0 saturated carbocycles. The molecule has 0 bridgehead atoms. The van der Waals surface area contributed by atoms with Gasteiger partial charge in [0.05, 0.1) is 11.3 Å². The molecular weight excluding hydrogens is 486 g/mol. The van der Waals surface area contributed by atoms with Gasteiger partial charge in [-0.25, -0.2) is 0 Å². The lowest BCUT2D eigenvalue weighted by atomic mass is 9.92. The monoisotopic (exact) mass is 525 g/mol. The summed E-state index contributed by atoms with van der Waals surface area (Å²) in [6.45, 7) is 19.3. The molecule has 3 rings (SSSR count). The highest BCUT2D eigenvalue weighted by Crippen LogP contribution is 2.30. The first kappa shape index (κ1) is 28.2. The molecule has 36 heavy (non-hydrogen) atoms. The maximum absolute atomic E-state index is 13.6. The molecule has 0 unspecified atom stereocenters. The van der Waals surface area contributed by atoms with Crippen LogP contribution in [0.1, 0.15) is 48.4 Å². The van der Waals surface area contributed by atoms with Crippen molar-refractivity contribution in [2.45, 2.75) is 78.2 Å². The predicted octanol–water partition coefficient (Wildman–Crippen LogP) is 6.27. The third kappa shape index (κ3) is 5.77. The van der Waals surface area contributed by atoms with Gasteiger partial charge in [0.15, 0.2) is 33.6 Å². The fraction of sp³-hybridized carbons (Fsp3) is 0.464. The standard InChI is InChI=1S/C28H39NO5Si2/c1-27(2,33-35(6,7)8)25(31)18-12-14-22-19(16-18)17-21-23(29(22)5)15-13-20(24(21)30)26(32)28(3,4)34-36(9,10)11/h12-17H,1-11H3. The highest BCUT2D eigenvalue weighted by Gasteiger charge is 2.37. The van der Waals surface area contributed by atoms with Gasteiger partial charge in [0.25, 0.3) is 0 Å². The second-order valence-electron chi connectivity index (χ2n) is 12.5. The number of carbonyl (C=O) groups excluding carboxylic acids is 2. The van der Waals surface area contributed by atoms with Gasteiger partial charge in [-0.2, -0.15) is 0 Å². The highest BCUT2D eigenvalue weighted by atomic mass is 28.4. The average molecular weight is 526 g/mol. The summed E-state index contributed by atoms with van der Waals surface area (Å²) in [6.07, 6.45) is 0. The Bertz CT molecular complexity index is 1370. The molecule has 0 atom stereocenters. The molecule has 1 aliphatic heterocycles. The van der Waals surface area contributed by atoms with E-state index < -0.39 is 27.8 Å². The van der Waals surface area contributed by atoms with E-state index in [0.717, 1.165) is 16.6 Å². The molecule has 8 heteroatoms. The topological polar surface area (TPSA) is 74.6 Å². The van der Waals surface area contributed by atoms with Gasteiger partial charge in [-0.1, -0.05) is 0 Å². The molecule has 1 aliphatic carbocycles. The second kappa shape index (κ2) is 9.17. The number of nitrogens with zero attached hydrogens (tertiary/aromatic N) is 1. The van der Waals surface area contributed by atoms with Crippen molar-refractivity contribution in [1.29, 1.82) is 0 Å². The van der Waals surface area contributed by atoms with Crippen molar-refractivity contribution in [3.05, 3.63) is 57.7 Å². The summed E-state index contributed by atoms with van der Waals surface area (Å²) in [6, 6.07) is 10.7. The first-order chi connectivity index (χ1) is 16.2. The van der Waals surface area contributed by atoms with Crippen LogP contribution in [-0.2, 0) is 15.9 Å². The number of hydrogen-bond donors (Lipinski definition) is 0. The largest absolute Gasteiger partial charge is 0.405 e. The van der Waals surface area contributed by atoms with E-state index in [1.807, 2.05) is 37.3 Å². The fourth-order valence-corrected chi connectivity index (χ4v) is 8.14. The number of Topliss-reactive ketones (excluding diaryl/α,β-unsaturated/α-hetero) is 2. The van der Waals surface area contributed by atoms with Gasteiger partial charge < -0.3 is 13.4 Å². The normalized spacial score (nSPS) is 13.4. The number of ketones is 2. The van der Waals surface area contributed by atoms with Crippen LogP contribution in [0.15, 0.2) is 41.2 Å². The molecule has 0 N–H and O–H groups in total. The molecule has 0 spiro atoms. The minimum Gasteiger partial charge on any atom is -0.405 e. The van der Waals surface area contributed by atoms with Crippen molar-refractivity contribution < 1.29 is 18.4 Å². The summed E-state index contributed by atoms with van der Waals surface area (Å²) in [4.78, 5) is 40.3. The third-order valence-electron chi connectivity index (χ3n) is 5.95. The van der Waals surface area contributed by atoms with Crippen LogP contribution in [0.4, 0.5) is 0 Å². The molecule has 0 radical (unpaired) electrons. The van der Waals surface area contributed by atoms with E-state index in [-0.39, 0.29) is 22.6 Å². The van der Waals surface area contributed by atoms with Crippen LogP contribution in [0.3, 0.4) is 0 Å². The van der Waals surface area contributed by atoms with Crippen molar-refractivity contribution in [3.8, 4) is 11.3 Å². The number of aromatic nitrogens is 1. The van der Waals surface area contributed by atoms with Crippen LogP contribution in [-0.4, -0.2) is 44.0 Å². The lowest BCUT2D eigenvalue weighted by Gasteiger charge is -2.32. The van der Waals surface area contributed by atoms with Gasteiger partial charge in [0.2, 0.25) is 0 Å².